The van der Waals surface area contributed by atoms with Crippen LogP contribution in [0.3, 0.4) is 0 Å². The van der Waals surface area contributed by atoms with Gasteiger partial charge in [0.2, 0.25) is 0 Å². The number of hydrogen-bond donors (Lipinski definition) is 1. The third-order valence-corrected chi connectivity index (χ3v) is 3.68. The quantitative estimate of drug-likeness (QED) is 0.653. The van der Waals surface area contributed by atoms with Gasteiger partial charge in [0, 0.05) is 12.1 Å². The fraction of sp³-hybridized carbons (Fsp3) is 0.235. The number of aryl methyl sites for hydroxylation is 1. The first-order valence-corrected chi connectivity index (χ1v) is 7.06. The van der Waals surface area contributed by atoms with Gasteiger partial charge >= 0.3 is 5.97 Å². The molecule has 2 aromatic rings. The number of aliphatic carboxylic acids is 1. The number of carboxylic acid groups (broad SMARTS) is 1. The van der Waals surface area contributed by atoms with Crippen LogP contribution in [0.2, 0.25) is 0 Å². The molecular formula is C17H17NO4. The van der Waals surface area contributed by atoms with Crippen molar-refractivity contribution in [2.75, 3.05) is 0 Å². The van der Waals surface area contributed by atoms with Crippen molar-refractivity contribution in [3.63, 3.8) is 0 Å². The summed E-state index contributed by atoms with van der Waals surface area (Å²) in [5.41, 5.74) is 2.66. The zero-order valence-corrected chi connectivity index (χ0v) is 12.2. The van der Waals surface area contributed by atoms with Crippen molar-refractivity contribution < 1.29 is 14.8 Å². The highest BCUT2D eigenvalue weighted by molar-refractivity contribution is 5.76. The Labute approximate surface area is 128 Å². The minimum absolute atomic E-state index is 0.00271. The molecule has 0 aromatic heterocycles. The van der Waals surface area contributed by atoms with Crippen LogP contribution in [0.5, 0.6) is 0 Å². The highest BCUT2D eigenvalue weighted by atomic mass is 16.6. The lowest BCUT2D eigenvalue weighted by Crippen LogP contribution is -2.14. The number of carboxylic acids is 1. The molecule has 0 heterocycles. The molecule has 1 unspecified atom stereocenters. The Morgan fingerprint density at radius 2 is 1.64 bits per heavy atom. The van der Waals surface area contributed by atoms with E-state index in [0.717, 1.165) is 23.1 Å². The smallest absolute Gasteiger partial charge is 0.311 e. The molecular weight excluding hydrogens is 282 g/mol. The lowest BCUT2D eigenvalue weighted by atomic mass is 9.91. The third-order valence-electron chi connectivity index (χ3n) is 3.68. The first-order valence-electron chi connectivity index (χ1n) is 7.06. The van der Waals surface area contributed by atoms with Crippen LogP contribution in [-0.4, -0.2) is 16.0 Å². The topological polar surface area (TPSA) is 80.4 Å². The van der Waals surface area contributed by atoms with E-state index in [4.69, 9.17) is 0 Å². The molecule has 1 atom stereocenters. The van der Waals surface area contributed by atoms with E-state index < -0.39 is 16.8 Å². The maximum absolute atomic E-state index is 11.5. The third kappa shape index (κ3) is 3.69. The molecule has 0 aliphatic heterocycles. The summed E-state index contributed by atoms with van der Waals surface area (Å²) in [6.45, 7) is 2.04. The average Bonchev–Trinajstić information content (AvgIpc) is 2.53. The van der Waals surface area contributed by atoms with Crippen molar-refractivity contribution in [1.82, 2.24) is 0 Å². The van der Waals surface area contributed by atoms with Gasteiger partial charge in [0.25, 0.3) is 5.69 Å². The lowest BCUT2D eigenvalue weighted by Gasteiger charge is -2.13. The van der Waals surface area contributed by atoms with Crippen LogP contribution in [0.15, 0.2) is 48.5 Å². The first-order chi connectivity index (χ1) is 10.5. The number of benzene rings is 2. The van der Waals surface area contributed by atoms with Gasteiger partial charge in [0.05, 0.1) is 10.8 Å². The number of nitro benzene ring substituents is 1. The van der Waals surface area contributed by atoms with Crippen molar-refractivity contribution in [2.24, 2.45) is 0 Å². The Morgan fingerprint density at radius 1 is 1.09 bits per heavy atom. The molecule has 0 bridgehead atoms. The molecule has 0 saturated carbocycles. The van der Waals surface area contributed by atoms with Crippen molar-refractivity contribution in [3.05, 3.63) is 75.3 Å². The summed E-state index contributed by atoms with van der Waals surface area (Å²) in [7, 11) is 0. The summed E-state index contributed by atoms with van der Waals surface area (Å²) in [6.07, 6.45) is 1.21. The molecule has 1 N–H and O–H groups in total. The standard InChI is InChI=1S/C17H17NO4/c1-2-12-3-7-14(8-4-12)16(17(19)20)11-13-5-9-15(10-6-13)18(21)22/h3-10,16H,2,11H2,1H3,(H,19,20). The lowest BCUT2D eigenvalue weighted by molar-refractivity contribution is -0.384. The van der Waals surface area contributed by atoms with Gasteiger partial charge < -0.3 is 5.11 Å². The van der Waals surface area contributed by atoms with Crippen LogP contribution in [0.4, 0.5) is 5.69 Å². The second-order valence-corrected chi connectivity index (χ2v) is 5.11. The zero-order chi connectivity index (χ0) is 16.1. The van der Waals surface area contributed by atoms with Crippen LogP contribution in [0.25, 0.3) is 0 Å². The van der Waals surface area contributed by atoms with E-state index in [1.807, 2.05) is 31.2 Å². The van der Waals surface area contributed by atoms with E-state index in [1.165, 1.54) is 12.1 Å². The molecule has 0 spiro atoms. The average molecular weight is 299 g/mol. The van der Waals surface area contributed by atoms with Gasteiger partial charge in [-0.15, -0.1) is 0 Å². The largest absolute Gasteiger partial charge is 0.481 e. The molecule has 0 fully saturated rings. The van der Waals surface area contributed by atoms with Crippen LogP contribution in [0, 0.1) is 10.1 Å². The molecule has 0 radical (unpaired) electrons. The Bertz CT molecular complexity index is 662. The van der Waals surface area contributed by atoms with E-state index in [1.54, 1.807) is 12.1 Å². The minimum Gasteiger partial charge on any atom is -0.481 e. The molecule has 0 saturated heterocycles. The van der Waals surface area contributed by atoms with E-state index in [-0.39, 0.29) is 5.69 Å². The summed E-state index contributed by atoms with van der Waals surface area (Å²) in [6, 6.07) is 13.5. The van der Waals surface area contributed by atoms with E-state index in [9.17, 15) is 20.0 Å². The Hall–Kier alpha value is -2.69. The van der Waals surface area contributed by atoms with Crippen molar-refractivity contribution in [3.8, 4) is 0 Å². The minimum atomic E-state index is -0.900. The van der Waals surface area contributed by atoms with Crippen LogP contribution in [-0.2, 0) is 17.6 Å². The van der Waals surface area contributed by atoms with Gasteiger partial charge in [-0.3, -0.25) is 14.9 Å². The van der Waals surface area contributed by atoms with Gasteiger partial charge in [0.15, 0.2) is 0 Å². The fourth-order valence-electron chi connectivity index (χ4n) is 2.32. The second kappa shape index (κ2) is 6.85. The number of nitro groups is 1. The molecule has 22 heavy (non-hydrogen) atoms. The SMILES string of the molecule is CCc1ccc(C(Cc2ccc([N+](=O)[O-])cc2)C(=O)O)cc1. The van der Waals surface area contributed by atoms with E-state index in [0.29, 0.717) is 6.42 Å². The van der Waals surface area contributed by atoms with Crippen molar-refractivity contribution in [1.29, 1.82) is 0 Å². The summed E-state index contributed by atoms with van der Waals surface area (Å²) >= 11 is 0. The maximum atomic E-state index is 11.5. The van der Waals surface area contributed by atoms with Crippen LogP contribution < -0.4 is 0 Å². The molecule has 0 amide bonds. The van der Waals surface area contributed by atoms with Crippen LogP contribution in [0.1, 0.15) is 29.5 Å². The highest BCUT2D eigenvalue weighted by Gasteiger charge is 2.20. The van der Waals surface area contributed by atoms with E-state index >= 15 is 0 Å². The predicted octanol–water partition coefficient (Wildman–Crippen LogP) is 3.57. The first kappa shape index (κ1) is 15.7. The predicted molar refractivity (Wildman–Crippen MR) is 83.0 cm³/mol. The molecule has 0 aliphatic rings. The fourth-order valence-corrected chi connectivity index (χ4v) is 2.32. The van der Waals surface area contributed by atoms with Crippen molar-refractivity contribution >= 4 is 11.7 Å². The normalized spacial score (nSPS) is 11.9. The summed E-state index contributed by atoms with van der Waals surface area (Å²) in [4.78, 5) is 21.7. The zero-order valence-electron chi connectivity index (χ0n) is 12.2. The number of nitrogens with zero attached hydrogens (tertiary/aromatic N) is 1. The molecule has 2 aromatic carbocycles. The summed E-state index contributed by atoms with van der Waals surface area (Å²) in [5.74, 6) is -1.56. The Kier molecular flexibility index (Phi) is 4.88. The van der Waals surface area contributed by atoms with E-state index in [2.05, 4.69) is 0 Å². The second-order valence-electron chi connectivity index (χ2n) is 5.11. The van der Waals surface area contributed by atoms with Crippen molar-refractivity contribution in [2.45, 2.75) is 25.7 Å². The van der Waals surface area contributed by atoms with Gasteiger partial charge in [-0.2, -0.15) is 0 Å². The molecule has 114 valence electrons. The summed E-state index contributed by atoms with van der Waals surface area (Å²) < 4.78 is 0. The molecule has 5 nitrogen and oxygen atoms in total. The van der Waals surface area contributed by atoms with Gasteiger partial charge in [-0.05, 0) is 29.5 Å². The number of rotatable bonds is 6. The molecule has 0 aliphatic carbocycles. The number of carbonyl (C=O) groups is 1. The molecule has 5 heteroatoms. The Balaban J connectivity index is 2.21. The highest BCUT2D eigenvalue weighted by Crippen LogP contribution is 2.23. The van der Waals surface area contributed by atoms with Gasteiger partial charge in [-0.25, -0.2) is 0 Å². The monoisotopic (exact) mass is 299 g/mol. The molecule has 2 rings (SSSR count). The summed E-state index contributed by atoms with van der Waals surface area (Å²) in [5, 5.41) is 20.1. The van der Waals surface area contributed by atoms with Crippen LogP contribution >= 0.6 is 0 Å². The van der Waals surface area contributed by atoms with Gasteiger partial charge in [0.1, 0.15) is 0 Å². The number of hydrogen-bond acceptors (Lipinski definition) is 3. The number of non-ortho nitro benzene ring substituents is 1. The maximum Gasteiger partial charge on any atom is 0.311 e. The Morgan fingerprint density at radius 3 is 2.09 bits per heavy atom. The van der Waals surface area contributed by atoms with Gasteiger partial charge in [-0.1, -0.05) is 43.3 Å².